The van der Waals surface area contributed by atoms with Crippen LogP contribution < -0.4 is 16.4 Å². The van der Waals surface area contributed by atoms with Crippen LogP contribution in [0.2, 0.25) is 0 Å². The first kappa shape index (κ1) is 31.7. The zero-order valence-electron chi connectivity index (χ0n) is 25.3. The van der Waals surface area contributed by atoms with Crippen LogP contribution in [0.15, 0.2) is 72.0 Å². The van der Waals surface area contributed by atoms with Crippen LogP contribution >= 0.6 is 0 Å². The predicted molar refractivity (Wildman–Crippen MR) is 174 cm³/mol. The highest BCUT2D eigenvalue weighted by Gasteiger charge is 2.21. The summed E-state index contributed by atoms with van der Waals surface area (Å²) >= 11 is 0. The molecular weight excluding hydrogens is 490 g/mol. The number of nitrogens with zero attached hydrogens (tertiary/aromatic N) is 2. The van der Waals surface area contributed by atoms with Crippen molar-refractivity contribution in [1.29, 1.82) is 0 Å². The molecule has 2 aromatic carbocycles. The number of aliphatic imine (C=N–C) groups is 1. The molecule has 1 aliphatic carbocycles. The van der Waals surface area contributed by atoms with Crippen LogP contribution in [-0.2, 0) is 6.42 Å². The standard InChI is InChI=1S/C35H55N5/c1-29(39-35(40(2)3)33-21-15-16-22-34(33)36)38-32-25-23-31(24-26-32)28-37-27-17-10-8-6-4-5-7-9-12-18-30-19-13-11-14-20-30/h11,13-16,19-22,31-32,37-38H,1,4-10,12,17-18,23-28,36H2,2-3H3/b39-35+/t31-,32+. The molecule has 1 fully saturated rings. The predicted octanol–water partition coefficient (Wildman–Crippen LogP) is 7.54. The van der Waals surface area contributed by atoms with E-state index in [1.165, 1.54) is 102 Å². The minimum absolute atomic E-state index is 0.452. The summed E-state index contributed by atoms with van der Waals surface area (Å²) < 4.78 is 0. The number of nitrogens with two attached hydrogens (primary N) is 1. The van der Waals surface area contributed by atoms with Gasteiger partial charge in [0.05, 0.1) is 0 Å². The normalized spacial score (nSPS) is 17.5. The van der Waals surface area contributed by atoms with Gasteiger partial charge in [-0.15, -0.1) is 0 Å². The number of benzene rings is 2. The van der Waals surface area contributed by atoms with Gasteiger partial charge in [-0.1, -0.05) is 94.0 Å². The van der Waals surface area contributed by atoms with E-state index in [0.717, 1.165) is 35.4 Å². The van der Waals surface area contributed by atoms with Crippen LogP contribution in [-0.4, -0.2) is 44.0 Å². The molecule has 0 unspecified atom stereocenters. The molecule has 1 saturated carbocycles. The Morgan fingerprint density at radius 2 is 1.43 bits per heavy atom. The summed E-state index contributed by atoms with van der Waals surface area (Å²) in [6.45, 7) is 6.52. The van der Waals surface area contributed by atoms with E-state index in [2.05, 4.69) is 47.5 Å². The number of hydrogen-bond donors (Lipinski definition) is 3. The van der Waals surface area contributed by atoms with Crippen molar-refractivity contribution in [2.45, 2.75) is 95.9 Å². The van der Waals surface area contributed by atoms with E-state index in [9.17, 15) is 0 Å². The molecule has 0 aromatic heterocycles. The minimum atomic E-state index is 0.452. The number of unbranched alkanes of at least 4 members (excludes halogenated alkanes) is 8. The second-order valence-corrected chi connectivity index (χ2v) is 11.8. The molecule has 0 bridgehead atoms. The van der Waals surface area contributed by atoms with Crippen molar-refractivity contribution in [3.63, 3.8) is 0 Å². The molecule has 1 aliphatic rings. The SMILES string of the molecule is C=C(/N=C(\c1ccccc1N)N(C)C)N[C@H]1CC[C@@H](CNCCCCCCCCCCCc2ccccc2)CC1. The molecule has 0 heterocycles. The highest BCUT2D eigenvalue weighted by molar-refractivity contribution is 6.03. The molecule has 0 aliphatic heterocycles. The zero-order valence-corrected chi connectivity index (χ0v) is 25.3. The number of anilines is 1. The van der Waals surface area contributed by atoms with Crippen molar-refractivity contribution in [3.05, 3.63) is 78.1 Å². The highest BCUT2D eigenvalue weighted by atomic mass is 15.2. The number of nitrogens with one attached hydrogen (secondary N) is 2. The molecule has 0 spiro atoms. The van der Waals surface area contributed by atoms with Gasteiger partial charge in [0.25, 0.3) is 0 Å². The lowest BCUT2D eigenvalue weighted by Crippen LogP contribution is -2.35. The number of rotatable bonds is 18. The van der Waals surface area contributed by atoms with E-state index in [0.29, 0.717) is 6.04 Å². The van der Waals surface area contributed by atoms with Gasteiger partial charge < -0.3 is 21.3 Å². The lowest BCUT2D eigenvalue weighted by Gasteiger charge is -2.30. The second-order valence-electron chi connectivity index (χ2n) is 11.8. The number of hydrogen-bond acceptors (Lipinski definition) is 4. The fraction of sp³-hybridized carbons (Fsp3) is 0.571. The highest BCUT2D eigenvalue weighted by Crippen LogP contribution is 2.25. The first-order valence-corrected chi connectivity index (χ1v) is 15.8. The van der Waals surface area contributed by atoms with E-state index in [4.69, 9.17) is 10.7 Å². The Bertz CT molecular complexity index is 992. The Balaban J connectivity index is 1.16. The summed E-state index contributed by atoms with van der Waals surface area (Å²) in [5.74, 6) is 2.35. The lowest BCUT2D eigenvalue weighted by molar-refractivity contribution is 0.293. The van der Waals surface area contributed by atoms with Crippen LogP contribution in [0.1, 0.15) is 94.6 Å². The largest absolute Gasteiger partial charge is 0.398 e. The van der Waals surface area contributed by atoms with E-state index in [-0.39, 0.29) is 0 Å². The number of nitrogen functional groups attached to an aromatic ring is 1. The summed E-state index contributed by atoms with van der Waals surface area (Å²) in [6.07, 6.45) is 18.5. The topological polar surface area (TPSA) is 65.7 Å². The lowest BCUT2D eigenvalue weighted by atomic mass is 9.86. The Labute approximate surface area is 244 Å². The van der Waals surface area contributed by atoms with Crippen LogP contribution in [0.3, 0.4) is 0 Å². The van der Waals surface area contributed by atoms with Crippen LogP contribution in [0.25, 0.3) is 0 Å². The second kappa shape index (κ2) is 18.5. The molecule has 0 radical (unpaired) electrons. The molecule has 3 rings (SSSR count). The van der Waals surface area contributed by atoms with Gasteiger partial charge in [0.1, 0.15) is 11.7 Å². The van der Waals surface area contributed by atoms with Gasteiger partial charge in [0, 0.05) is 31.4 Å². The first-order valence-electron chi connectivity index (χ1n) is 15.8. The smallest absolute Gasteiger partial charge is 0.139 e. The average molecular weight is 546 g/mol. The summed E-state index contributed by atoms with van der Waals surface area (Å²) in [5, 5.41) is 7.30. The van der Waals surface area contributed by atoms with Gasteiger partial charge in [0.2, 0.25) is 0 Å². The van der Waals surface area contributed by atoms with Crippen LogP contribution in [0, 0.1) is 5.92 Å². The molecule has 5 heteroatoms. The van der Waals surface area contributed by atoms with Crippen molar-refractivity contribution < 1.29 is 0 Å². The third kappa shape index (κ3) is 12.2. The maximum Gasteiger partial charge on any atom is 0.139 e. The number of aryl methyl sites for hydroxylation is 1. The van der Waals surface area contributed by atoms with Crippen molar-refractivity contribution in [1.82, 2.24) is 15.5 Å². The molecule has 4 N–H and O–H groups in total. The summed E-state index contributed by atoms with van der Waals surface area (Å²) in [4.78, 5) is 6.78. The zero-order chi connectivity index (χ0) is 28.4. The van der Waals surface area contributed by atoms with Crippen molar-refractivity contribution >= 4 is 11.5 Å². The maximum atomic E-state index is 6.19. The van der Waals surface area contributed by atoms with Gasteiger partial charge in [-0.2, -0.15) is 0 Å². The maximum absolute atomic E-state index is 6.19. The van der Waals surface area contributed by atoms with E-state index >= 15 is 0 Å². The van der Waals surface area contributed by atoms with Crippen molar-refractivity contribution in [2.24, 2.45) is 10.9 Å². The fourth-order valence-corrected chi connectivity index (χ4v) is 5.78. The Morgan fingerprint density at radius 3 is 2.08 bits per heavy atom. The third-order valence-corrected chi connectivity index (χ3v) is 8.18. The average Bonchev–Trinajstić information content (AvgIpc) is 2.96. The summed E-state index contributed by atoms with van der Waals surface area (Å²) in [7, 11) is 3.99. The molecule has 220 valence electrons. The Kier molecular flexibility index (Phi) is 14.7. The quantitative estimate of drug-likeness (QED) is 0.0783. The van der Waals surface area contributed by atoms with Gasteiger partial charge in [-0.3, -0.25) is 0 Å². The number of para-hydroxylation sites is 1. The minimum Gasteiger partial charge on any atom is -0.398 e. The third-order valence-electron chi connectivity index (χ3n) is 8.18. The van der Waals surface area contributed by atoms with Gasteiger partial charge in [-0.05, 0) is 81.6 Å². The van der Waals surface area contributed by atoms with Crippen LogP contribution in [0.5, 0.6) is 0 Å². The van der Waals surface area contributed by atoms with Gasteiger partial charge in [0.15, 0.2) is 0 Å². The monoisotopic (exact) mass is 545 g/mol. The van der Waals surface area contributed by atoms with E-state index in [1.54, 1.807) is 0 Å². The molecule has 40 heavy (non-hydrogen) atoms. The number of amidine groups is 1. The molecule has 5 nitrogen and oxygen atoms in total. The Morgan fingerprint density at radius 1 is 0.825 bits per heavy atom. The van der Waals surface area contributed by atoms with E-state index < -0.39 is 0 Å². The van der Waals surface area contributed by atoms with E-state index in [1.807, 2.05) is 43.3 Å². The van der Waals surface area contributed by atoms with Crippen molar-refractivity contribution in [2.75, 3.05) is 32.9 Å². The molecule has 0 atom stereocenters. The van der Waals surface area contributed by atoms with Crippen molar-refractivity contribution in [3.8, 4) is 0 Å². The molecule has 0 saturated heterocycles. The molecule has 0 amide bonds. The summed E-state index contributed by atoms with van der Waals surface area (Å²) in [5.41, 5.74) is 9.35. The fourth-order valence-electron chi connectivity index (χ4n) is 5.78. The first-order chi connectivity index (χ1) is 19.5. The Hall–Kier alpha value is -2.79. The van der Waals surface area contributed by atoms with Crippen LogP contribution in [0.4, 0.5) is 5.69 Å². The van der Waals surface area contributed by atoms with Gasteiger partial charge in [-0.25, -0.2) is 4.99 Å². The molecular formula is C35H55N5. The molecule has 2 aromatic rings. The van der Waals surface area contributed by atoms with Gasteiger partial charge >= 0.3 is 0 Å². The summed E-state index contributed by atoms with van der Waals surface area (Å²) in [6, 6.07) is 19.2.